The van der Waals surface area contributed by atoms with Gasteiger partial charge in [-0.05, 0) is 33.0 Å². The van der Waals surface area contributed by atoms with Crippen LogP contribution in [-0.4, -0.2) is 83.0 Å². The number of carbonyl (C=O) groups excluding carboxylic acids is 1. The third kappa shape index (κ3) is 4.57. The molecule has 0 spiro atoms. The predicted molar refractivity (Wildman–Crippen MR) is 111 cm³/mol. The van der Waals surface area contributed by atoms with Gasteiger partial charge in [-0.25, -0.2) is 9.97 Å². The molecule has 29 heavy (non-hydrogen) atoms. The van der Waals surface area contributed by atoms with E-state index in [0.29, 0.717) is 12.2 Å². The number of ether oxygens (including phenoxy) is 1. The van der Waals surface area contributed by atoms with Gasteiger partial charge in [0, 0.05) is 50.2 Å². The Morgan fingerprint density at radius 1 is 1.21 bits per heavy atom. The van der Waals surface area contributed by atoms with Crippen molar-refractivity contribution >= 4 is 5.91 Å². The summed E-state index contributed by atoms with van der Waals surface area (Å²) in [7, 11) is 4.19. The molecule has 2 unspecified atom stereocenters. The first-order valence-electron chi connectivity index (χ1n) is 10.3. The van der Waals surface area contributed by atoms with Crippen LogP contribution >= 0.6 is 0 Å². The molecule has 7 heteroatoms. The Balaban J connectivity index is 1.53. The molecule has 2 aromatic rings. The summed E-state index contributed by atoms with van der Waals surface area (Å²) < 4.78 is 6.13. The lowest BCUT2D eigenvalue weighted by atomic mass is 10.1. The van der Waals surface area contributed by atoms with E-state index in [9.17, 15) is 4.79 Å². The fourth-order valence-corrected chi connectivity index (χ4v) is 4.36. The zero-order valence-corrected chi connectivity index (χ0v) is 17.2. The lowest BCUT2D eigenvalue weighted by molar-refractivity contribution is 0.0617. The van der Waals surface area contributed by atoms with Crippen LogP contribution in [0.25, 0.3) is 0 Å². The molecule has 0 aliphatic carbocycles. The van der Waals surface area contributed by atoms with Crippen molar-refractivity contribution in [2.45, 2.75) is 31.5 Å². The number of aromatic nitrogens is 2. The van der Waals surface area contributed by atoms with Gasteiger partial charge < -0.3 is 14.5 Å². The highest BCUT2D eigenvalue weighted by Crippen LogP contribution is 2.27. The molecule has 1 fully saturated rings. The van der Waals surface area contributed by atoms with Gasteiger partial charge in [0.1, 0.15) is 18.7 Å². The van der Waals surface area contributed by atoms with Gasteiger partial charge in [-0.15, -0.1) is 0 Å². The third-order valence-corrected chi connectivity index (χ3v) is 5.76. The molecular weight excluding hydrogens is 366 g/mol. The van der Waals surface area contributed by atoms with Crippen molar-refractivity contribution in [3.05, 3.63) is 54.1 Å². The van der Waals surface area contributed by atoms with Crippen LogP contribution in [-0.2, 0) is 6.54 Å². The smallest absolute Gasteiger partial charge is 0.257 e. The summed E-state index contributed by atoms with van der Waals surface area (Å²) in [5.74, 6) is 1.00. The molecule has 7 nitrogen and oxygen atoms in total. The van der Waals surface area contributed by atoms with E-state index in [0.717, 1.165) is 44.8 Å². The van der Waals surface area contributed by atoms with E-state index in [1.807, 2.05) is 17.0 Å². The molecule has 1 saturated heterocycles. The van der Waals surface area contributed by atoms with Gasteiger partial charge in [-0.1, -0.05) is 18.2 Å². The monoisotopic (exact) mass is 395 g/mol. The summed E-state index contributed by atoms with van der Waals surface area (Å²) in [6, 6.07) is 8.74. The van der Waals surface area contributed by atoms with Gasteiger partial charge in [-0.3, -0.25) is 9.69 Å². The van der Waals surface area contributed by atoms with Crippen LogP contribution in [0.4, 0.5) is 0 Å². The van der Waals surface area contributed by atoms with Crippen LogP contribution in [0.15, 0.2) is 43.0 Å². The van der Waals surface area contributed by atoms with Gasteiger partial charge >= 0.3 is 0 Å². The average molecular weight is 396 g/mol. The Hall–Kier alpha value is -2.51. The number of likely N-dealkylation sites (tertiary alicyclic amines) is 1. The largest absolute Gasteiger partial charge is 0.492 e. The Kier molecular flexibility index (Phi) is 6.06. The normalized spacial score (nSPS) is 22.2. The predicted octanol–water partition coefficient (Wildman–Crippen LogP) is 1.91. The first kappa shape index (κ1) is 19.8. The van der Waals surface area contributed by atoms with E-state index < -0.39 is 0 Å². The Bertz CT molecular complexity index is 829. The summed E-state index contributed by atoms with van der Waals surface area (Å²) in [6.45, 7) is 4.04. The number of fused-ring (bicyclic) bond motifs is 1. The number of likely N-dealkylation sites (N-methyl/N-ethyl adjacent to an activating group) is 1. The number of nitrogens with zero attached hydrogens (tertiary/aromatic N) is 5. The Morgan fingerprint density at radius 3 is 2.79 bits per heavy atom. The van der Waals surface area contributed by atoms with Crippen molar-refractivity contribution in [2.24, 2.45) is 0 Å². The maximum absolute atomic E-state index is 13.0. The minimum atomic E-state index is 0.0312. The van der Waals surface area contributed by atoms with E-state index in [4.69, 9.17) is 4.74 Å². The molecule has 1 aromatic heterocycles. The summed E-state index contributed by atoms with van der Waals surface area (Å²) in [6.07, 6.45) is 6.72. The molecule has 0 bridgehead atoms. The summed E-state index contributed by atoms with van der Waals surface area (Å²) in [5, 5.41) is 0. The number of para-hydroxylation sites is 1. The van der Waals surface area contributed by atoms with Crippen LogP contribution in [0.3, 0.4) is 0 Å². The highest BCUT2D eigenvalue weighted by atomic mass is 16.5. The average Bonchev–Trinajstić information content (AvgIpc) is 3.12. The van der Waals surface area contributed by atoms with Gasteiger partial charge in [0.2, 0.25) is 0 Å². The van der Waals surface area contributed by atoms with Crippen molar-refractivity contribution in [1.29, 1.82) is 0 Å². The molecule has 4 rings (SSSR count). The fourth-order valence-electron chi connectivity index (χ4n) is 4.36. The second-order valence-electron chi connectivity index (χ2n) is 8.19. The van der Waals surface area contributed by atoms with Crippen LogP contribution in [0.2, 0.25) is 0 Å². The van der Waals surface area contributed by atoms with Crippen molar-refractivity contribution in [2.75, 3.05) is 40.3 Å². The van der Waals surface area contributed by atoms with E-state index in [1.165, 1.54) is 11.9 Å². The van der Waals surface area contributed by atoms with E-state index >= 15 is 0 Å². The molecular formula is C22H29N5O2. The molecule has 1 amide bonds. The van der Waals surface area contributed by atoms with Crippen molar-refractivity contribution < 1.29 is 9.53 Å². The van der Waals surface area contributed by atoms with E-state index in [-0.39, 0.29) is 18.0 Å². The van der Waals surface area contributed by atoms with Crippen molar-refractivity contribution in [1.82, 2.24) is 24.7 Å². The molecule has 2 aliphatic heterocycles. The maximum atomic E-state index is 13.0. The topological polar surface area (TPSA) is 61.8 Å². The first-order chi connectivity index (χ1) is 14.1. The fraction of sp³-hybridized carbons (Fsp3) is 0.500. The molecule has 0 N–H and O–H groups in total. The molecule has 3 heterocycles. The Morgan fingerprint density at radius 2 is 2.00 bits per heavy atom. The maximum Gasteiger partial charge on any atom is 0.257 e. The molecule has 0 radical (unpaired) electrons. The number of carbonyl (C=O) groups is 1. The van der Waals surface area contributed by atoms with Crippen LogP contribution < -0.4 is 4.74 Å². The van der Waals surface area contributed by atoms with E-state index in [1.54, 1.807) is 12.4 Å². The second-order valence-corrected chi connectivity index (χ2v) is 8.19. The van der Waals surface area contributed by atoms with Crippen LogP contribution in [0.5, 0.6) is 5.75 Å². The lowest BCUT2D eigenvalue weighted by Gasteiger charge is -2.35. The zero-order valence-electron chi connectivity index (χ0n) is 17.2. The zero-order chi connectivity index (χ0) is 20.2. The van der Waals surface area contributed by atoms with E-state index in [2.05, 4.69) is 46.0 Å². The minimum Gasteiger partial charge on any atom is -0.492 e. The quantitative estimate of drug-likeness (QED) is 0.771. The standard InChI is InChI=1S/C22H29N5O2/c1-25(2)13-20-15-29-21-8-4-3-6-17(21)12-26(20)14-19-7-5-9-27(19)22(28)18-10-23-16-24-11-18/h3-4,6,8,10-11,16,19-20H,5,7,9,12-15H2,1-2H3. The third-order valence-electron chi connectivity index (χ3n) is 5.76. The number of rotatable bonds is 5. The molecule has 0 saturated carbocycles. The molecule has 154 valence electrons. The van der Waals surface area contributed by atoms with Gasteiger partial charge in [0.25, 0.3) is 5.91 Å². The van der Waals surface area contributed by atoms with Crippen LogP contribution in [0, 0.1) is 0 Å². The molecule has 2 aliphatic rings. The second kappa shape index (κ2) is 8.88. The number of amides is 1. The van der Waals surface area contributed by atoms with Gasteiger partial charge in [-0.2, -0.15) is 0 Å². The highest BCUT2D eigenvalue weighted by molar-refractivity contribution is 5.94. The Labute approximate surface area is 172 Å². The molecule has 1 aromatic carbocycles. The number of hydrogen-bond donors (Lipinski definition) is 0. The van der Waals surface area contributed by atoms with Crippen molar-refractivity contribution in [3.63, 3.8) is 0 Å². The first-order valence-corrected chi connectivity index (χ1v) is 10.3. The summed E-state index contributed by atoms with van der Waals surface area (Å²) in [5.41, 5.74) is 1.77. The van der Waals surface area contributed by atoms with Crippen molar-refractivity contribution in [3.8, 4) is 5.75 Å². The number of benzene rings is 1. The summed E-state index contributed by atoms with van der Waals surface area (Å²) >= 11 is 0. The lowest BCUT2D eigenvalue weighted by Crippen LogP contribution is -2.50. The number of hydrogen-bond acceptors (Lipinski definition) is 6. The highest BCUT2D eigenvalue weighted by Gasteiger charge is 2.34. The summed E-state index contributed by atoms with van der Waals surface area (Å²) in [4.78, 5) is 27.7. The minimum absolute atomic E-state index is 0.0312. The SMILES string of the molecule is CN(C)CC1COc2ccccc2CN1CC1CCCN1C(=O)c1cncnc1. The molecule has 2 atom stereocenters. The van der Waals surface area contributed by atoms with Crippen LogP contribution in [0.1, 0.15) is 28.8 Å². The van der Waals surface area contributed by atoms with Gasteiger partial charge in [0.15, 0.2) is 0 Å². The van der Waals surface area contributed by atoms with Gasteiger partial charge in [0.05, 0.1) is 11.6 Å².